The molecule has 0 unspecified atom stereocenters. The van der Waals surface area contributed by atoms with E-state index in [-0.39, 0.29) is 5.54 Å². The minimum absolute atomic E-state index is 0.154. The van der Waals surface area contributed by atoms with Gasteiger partial charge < -0.3 is 26.0 Å². The van der Waals surface area contributed by atoms with E-state index in [1.165, 1.54) is 0 Å². The van der Waals surface area contributed by atoms with E-state index < -0.39 is 7.92 Å². The number of fused-ring (bicyclic) bond motifs is 1. The number of ether oxygens (including phenoxy) is 1. The Morgan fingerprint density at radius 3 is 2.50 bits per heavy atom. The standard InChI is InChI=1S/C31H36BrN10OP/c1-31(33)8-12-42(13-9-31)25-15-26(43-3)24(14-20(25)19-16-37-41(2)18-19)39-30-36-17-21(32)29(40-30)38-23-7-6-22-27(28(23)44(4)5)35-11-10-34-22/h6-7,10-11,14-18H,8-9,12-13,33H2,1-5H3,(H2,36,38,39,40). The van der Waals surface area contributed by atoms with Gasteiger partial charge in [0.1, 0.15) is 11.6 Å². The second-order valence-corrected chi connectivity index (χ2v) is 14.6. The molecule has 0 atom stereocenters. The third-order valence-electron chi connectivity index (χ3n) is 7.88. The van der Waals surface area contributed by atoms with Crippen molar-refractivity contribution < 1.29 is 4.74 Å². The largest absolute Gasteiger partial charge is 0.494 e. The number of methoxy groups -OCH3 is 1. The number of hydrogen-bond acceptors (Lipinski definition) is 10. The Hall–Kier alpha value is -3.86. The Bertz CT molecular complexity index is 1820. The molecule has 0 radical (unpaired) electrons. The van der Waals surface area contributed by atoms with Crippen LogP contribution in [0.4, 0.5) is 28.8 Å². The third kappa shape index (κ3) is 6.20. The van der Waals surface area contributed by atoms with Gasteiger partial charge in [-0.15, -0.1) is 0 Å². The summed E-state index contributed by atoms with van der Waals surface area (Å²) in [7, 11) is 3.11. The first kappa shape index (κ1) is 30.2. The van der Waals surface area contributed by atoms with Crippen molar-refractivity contribution >= 4 is 69.0 Å². The van der Waals surface area contributed by atoms with Gasteiger partial charge in [0.25, 0.3) is 0 Å². The lowest BCUT2D eigenvalue weighted by Gasteiger charge is -2.39. The molecule has 5 aromatic rings. The SMILES string of the molecule is COc1cc(N2CCC(C)(N)CC2)c(-c2cnn(C)c2)cc1Nc1ncc(Br)c(Nc2ccc3nccnc3c2P(C)C)n1. The predicted molar refractivity (Wildman–Crippen MR) is 183 cm³/mol. The van der Waals surface area contributed by atoms with Gasteiger partial charge in [0, 0.05) is 84.3 Å². The van der Waals surface area contributed by atoms with E-state index in [9.17, 15) is 0 Å². The summed E-state index contributed by atoms with van der Waals surface area (Å²) in [6.45, 7) is 8.27. The number of anilines is 5. The summed E-state index contributed by atoms with van der Waals surface area (Å²) in [5.74, 6) is 1.74. The van der Waals surface area contributed by atoms with Crippen LogP contribution in [0.1, 0.15) is 19.8 Å². The van der Waals surface area contributed by atoms with Gasteiger partial charge in [-0.25, -0.2) is 4.98 Å². The maximum atomic E-state index is 6.45. The number of aromatic nitrogens is 6. The van der Waals surface area contributed by atoms with Crippen LogP contribution in [-0.2, 0) is 7.05 Å². The van der Waals surface area contributed by atoms with E-state index >= 15 is 0 Å². The quantitative estimate of drug-likeness (QED) is 0.175. The van der Waals surface area contributed by atoms with E-state index in [4.69, 9.17) is 15.5 Å². The first-order chi connectivity index (χ1) is 21.1. The highest BCUT2D eigenvalue weighted by atomic mass is 79.9. The van der Waals surface area contributed by atoms with Crippen molar-refractivity contribution in [3.05, 3.63) is 59.7 Å². The van der Waals surface area contributed by atoms with E-state index in [0.29, 0.717) is 17.5 Å². The highest BCUT2D eigenvalue weighted by Gasteiger charge is 2.28. The smallest absolute Gasteiger partial charge is 0.229 e. The minimum atomic E-state index is -0.488. The maximum absolute atomic E-state index is 6.45. The van der Waals surface area contributed by atoms with Crippen LogP contribution in [0.5, 0.6) is 5.75 Å². The van der Waals surface area contributed by atoms with Crippen molar-refractivity contribution in [1.82, 2.24) is 29.7 Å². The van der Waals surface area contributed by atoms with Crippen molar-refractivity contribution in [3.63, 3.8) is 0 Å². The van der Waals surface area contributed by atoms with Crippen LogP contribution in [0.3, 0.4) is 0 Å². The van der Waals surface area contributed by atoms with Gasteiger partial charge in [0.05, 0.1) is 34.5 Å². The zero-order chi connectivity index (χ0) is 31.0. The molecule has 0 spiro atoms. The lowest BCUT2D eigenvalue weighted by molar-refractivity contribution is 0.364. The van der Waals surface area contributed by atoms with E-state index in [1.807, 2.05) is 36.3 Å². The van der Waals surface area contributed by atoms with Crippen molar-refractivity contribution in [2.75, 3.05) is 49.1 Å². The molecule has 4 N–H and O–H groups in total. The molecule has 0 bridgehead atoms. The zero-order valence-electron chi connectivity index (χ0n) is 25.5. The summed E-state index contributed by atoms with van der Waals surface area (Å²) in [5.41, 5.74) is 12.9. The lowest BCUT2D eigenvalue weighted by Crippen LogP contribution is -2.48. The number of hydrogen-bond donors (Lipinski definition) is 3. The Morgan fingerprint density at radius 1 is 1.02 bits per heavy atom. The number of benzene rings is 2. The van der Waals surface area contributed by atoms with Crippen molar-refractivity contribution in [2.24, 2.45) is 12.8 Å². The molecule has 1 aliphatic rings. The molecule has 0 saturated carbocycles. The summed E-state index contributed by atoms with van der Waals surface area (Å²) >= 11 is 3.63. The van der Waals surface area contributed by atoms with Gasteiger partial charge in [-0.3, -0.25) is 14.6 Å². The highest BCUT2D eigenvalue weighted by Crippen LogP contribution is 2.42. The van der Waals surface area contributed by atoms with Crippen molar-refractivity contribution in [1.29, 1.82) is 0 Å². The van der Waals surface area contributed by atoms with Gasteiger partial charge >= 0.3 is 0 Å². The van der Waals surface area contributed by atoms with Crippen LogP contribution in [-0.4, -0.2) is 68.8 Å². The monoisotopic (exact) mass is 674 g/mol. The van der Waals surface area contributed by atoms with Gasteiger partial charge in [0.15, 0.2) is 0 Å². The summed E-state index contributed by atoms with van der Waals surface area (Å²) in [6, 6.07) is 8.17. The molecular formula is C31H36BrN10OP. The van der Waals surface area contributed by atoms with Gasteiger partial charge in [-0.05, 0) is 67.2 Å². The Labute approximate surface area is 266 Å². The first-order valence-corrected chi connectivity index (χ1v) is 17.4. The second kappa shape index (κ2) is 12.3. The highest BCUT2D eigenvalue weighted by molar-refractivity contribution is 9.10. The molecular weight excluding hydrogens is 639 g/mol. The van der Waals surface area contributed by atoms with Crippen LogP contribution in [0.25, 0.3) is 22.2 Å². The third-order valence-corrected chi connectivity index (χ3v) is 9.81. The average molecular weight is 676 g/mol. The average Bonchev–Trinajstić information content (AvgIpc) is 3.44. The molecule has 6 rings (SSSR count). The number of piperidine rings is 1. The molecule has 13 heteroatoms. The number of aryl methyl sites for hydroxylation is 1. The van der Waals surface area contributed by atoms with Crippen LogP contribution in [0.15, 0.2) is 59.7 Å². The van der Waals surface area contributed by atoms with Crippen molar-refractivity contribution in [3.8, 4) is 16.9 Å². The molecule has 44 heavy (non-hydrogen) atoms. The summed E-state index contributed by atoms with van der Waals surface area (Å²) < 4.78 is 8.44. The van der Waals surface area contributed by atoms with Crippen LogP contribution in [0.2, 0.25) is 0 Å². The van der Waals surface area contributed by atoms with Crippen molar-refractivity contribution in [2.45, 2.75) is 25.3 Å². The molecule has 4 heterocycles. The molecule has 1 fully saturated rings. The van der Waals surface area contributed by atoms with E-state index in [1.54, 1.807) is 25.7 Å². The molecule has 1 aliphatic heterocycles. The predicted octanol–water partition coefficient (Wildman–Crippen LogP) is 5.76. The lowest BCUT2D eigenvalue weighted by atomic mass is 9.90. The summed E-state index contributed by atoms with van der Waals surface area (Å²) in [4.78, 5) is 20.9. The van der Waals surface area contributed by atoms with Gasteiger partial charge in [-0.1, -0.05) is 7.92 Å². The van der Waals surface area contributed by atoms with E-state index in [2.05, 4.69) is 83.9 Å². The first-order valence-electron chi connectivity index (χ1n) is 14.3. The molecule has 228 valence electrons. The van der Waals surface area contributed by atoms with Crippen LogP contribution < -0.4 is 31.3 Å². The fraction of sp³-hybridized carbons (Fsp3) is 0.323. The number of nitrogens with two attached hydrogens (primary N) is 1. The fourth-order valence-corrected chi connectivity index (χ4v) is 6.98. The zero-order valence-corrected chi connectivity index (χ0v) is 27.9. The van der Waals surface area contributed by atoms with Gasteiger partial charge in [0.2, 0.25) is 5.95 Å². The minimum Gasteiger partial charge on any atom is -0.494 e. The molecule has 3 aromatic heterocycles. The van der Waals surface area contributed by atoms with Gasteiger partial charge in [-0.2, -0.15) is 10.1 Å². The summed E-state index contributed by atoms with van der Waals surface area (Å²) in [5, 5.41) is 12.5. The van der Waals surface area contributed by atoms with E-state index in [0.717, 1.165) is 74.9 Å². The second-order valence-electron chi connectivity index (χ2n) is 11.5. The normalized spacial score (nSPS) is 14.7. The molecule has 0 aliphatic carbocycles. The van der Waals surface area contributed by atoms with Crippen LogP contribution >= 0.6 is 23.9 Å². The molecule has 0 amide bonds. The molecule has 1 saturated heterocycles. The fourth-order valence-electron chi connectivity index (χ4n) is 5.49. The Morgan fingerprint density at radius 2 is 1.80 bits per heavy atom. The maximum Gasteiger partial charge on any atom is 0.229 e. The number of rotatable bonds is 8. The summed E-state index contributed by atoms with van der Waals surface area (Å²) in [6.07, 6.45) is 10.9. The number of nitrogens with zero attached hydrogens (tertiary/aromatic N) is 7. The molecule has 2 aromatic carbocycles. The van der Waals surface area contributed by atoms with Crippen LogP contribution in [0, 0.1) is 0 Å². The topological polar surface area (TPSA) is 132 Å². The number of nitrogens with one attached hydrogen (secondary N) is 2. The number of halogens is 1. The Balaban J connectivity index is 1.36. The molecule has 11 nitrogen and oxygen atoms in total. The Kier molecular flexibility index (Phi) is 8.41.